The molecule has 0 aliphatic rings. The minimum absolute atomic E-state index is 0.184. The number of pyridine rings is 1. The van der Waals surface area contributed by atoms with Crippen LogP contribution in [0.4, 0.5) is 11.5 Å². The van der Waals surface area contributed by atoms with Crippen LogP contribution in [0.2, 0.25) is 0 Å². The van der Waals surface area contributed by atoms with E-state index in [9.17, 15) is 8.42 Å². The van der Waals surface area contributed by atoms with Gasteiger partial charge in [-0.3, -0.25) is 4.72 Å². The van der Waals surface area contributed by atoms with Gasteiger partial charge in [0, 0.05) is 18.9 Å². The van der Waals surface area contributed by atoms with E-state index in [0.717, 1.165) is 5.69 Å². The fourth-order valence-electron chi connectivity index (χ4n) is 1.45. The van der Waals surface area contributed by atoms with Crippen molar-refractivity contribution in [3.63, 3.8) is 0 Å². The van der Waals surface area contributed by atoms with Crippen LogP contribution in [0.15, 0.2) is 52.0 Å². The maximum absolute atomic E-state index is 12.2. The van der Waals surface area contributed by atoms with Crippen molar-refractivity contribution in [2.75, 3.05) is 17.1 Å². The summed E-state index contributed by atoms with van der Waals surface area (Å²) in [6.45, 7) is 0. The second-order valence-corrected chi connectivity index (χ2v) is 6.25. The van der Waals surface area contributed by atoms with Gasteiger partial charge in [-0.25, -0.2) is 13.4 Å². The molecule has 7 heteroatoms. The van der Waals surface area contributed by atoms with Gasteiger partial charge in [0.15, 0.2) is 5.82 Å². The molecule has 2 N–H and O–H groups in total. The number of anilines is 2. The zero-order valence-electron chi connectivity index (χ0n) is 10.1. The summed E-state index contributed by atoms with van der Waals surface area (Å²) in [6, 6.07) is 9.89. The lowest BCUT2D eigenvalue weighted by molar-refractivity contribution is 0.601. The number of benzene rings is 1. The number of rotatable bonds is 4. The Labute approximate surface area is 120 Å². The Balaban J connectivity index is 2.30. The summed E-state index contributed by atoms with van der Waals surface area (Å²) in [6.07, 6.45) is 1.52. The molecule has 1 aromatic carbocycles. The van der Waals surface area contributed by atoms with Crippen molar-refractivity contribution in [3.8, 4) is 0 Å². The van der Waals surface area contributed by atoms with Gasteiger partial charge in [0.25, 0.3) is 10.0 Å². The zero-order chi connectivity index (χ0) is 13.9. The Morgan fingerprint density at radius 3 is 2.42 bits per heavy atom. The standard InChI is InChI=1S/C12H12BrN3O2S/c1-14-9-4-6-10(7-5-9)19(17,18)16-12-11(13)3-2-8-15-12/h2-8,14H,1H3,(H,15,16). The third-order valence-electron chi connectivity index (χ3n) is 2.44. The molecule has 100 valence electrons. The molecular formula is C12H12BrN3O2S. The predicted molar refractivity (Wildman–Crippen MR) is 78.7 cm³/mol. The lowest BCUT2D eigenvalue weighted by atomic mass is 10.3. The lowest BCUT2D eigenvalue weighted by Crippen LogP contribution is -2.14. The first kappa shape index (κ1) is 13.8. The summed E-state index contributed by atoms with van der Waals surface area (Å²) in [5.74, 6) is 0.264. The normalized spacial score (nSPS) is 11.1. The van der Waals surface area contributed by atoms with E-state index in [1.807, 2.05) is 0 Å². The van der Waals surface area contributed by atoms with Gasteiger partial charge in [0.1, 0.15) is 0 Å². The van der Waals surface area contributed by atoms with Crippen LogP contribution in [-0.4, -0.2) is 20.4 Å². The first-order valence-electron chi connectivity index (χ1n) is 5.44. The largest absolute Gasteiger partial charge is 0.388 e. The van der Waals surface area contributed by atoms with E-state index in [1.54, 1.807) is 31.3 Å². The van der Waals surface area contributed by atoms with Gasteiger partial charge in [0.2, 0.25) is 0 Å². The molecule has 0 aliphatic heterocycles. The first-order valence-corrected chi connectivity index (χ1v) is 7.72. The topological polar surface area (TPSA) is 71.1 Å². The fourth-order valence-corrected chi connectivity index (χ4v) is 2.96. The molecule has 5 nitrogen and oxygen atoms in total. The predicted octanol–water partition coefficient (Wildman–Crippen LogP) is 2.69. The molecule has 19 heavy (non-hydrogen) atoms. The molecule has 0 amide bonds. The van der Waals surface area contributed by atoms with E-state index < -0.39 is 10.0 Å². The maximum Gasteiger partial charge on any atom is 0.263 e. The van der Waals surface area contributed by atoms with E-state index in [0.29, 0.717) is 4.47 Å². The molecule has 2 rings (SSSR count). The molecule has 0 radical (unpaired) electrons. The molecule has 1 aromatic heterocycles. The first-order chi connectivity index (χ1) is 9.03. The molecule has 0 unspecified atom stereocenters. The summed E-state index contributed by atoms with van der Waals surface area (Å²) in [7, 11) is -1.86. The molecule has 2 aromatic rings. The van der Waals surface area contributed by atoms with E-state index >= 15 is 0 Å². The Morgan fingerprint density at radius 1 is 1.16 bits per heavy atom. The van der Waals surface area contributed by atoms with E-state index in [1.165, 1.54) is 18.3 Å². The maximum atomic E-state index is 12.2. The third kappa shape index (κ3) is 3.24. The van der Waals surface area contributed by atoms with Gasteiger partial charge in [-0.1, -0.05) is 0 Å². The van der Waals surface area contributed by atoms with Gasteiger partial charge >= 0.3 is 0 Å². The van der Waals surface area contributed by atoms with Gasteiger partial charge in [0.05, 0.1) is 9.37 Å². The van der Waals surface area contributed by atoms with Gasteiger partial charge < -0.3 is 5.32 Å². The van der Waals surface area contributed by atoms with Crippen molar-refractivity contribution in [2.45, 2.75) is 4.90 Å². The molecule has 0 atom stereocenters. The molecule has 0 fully saturated rings. The molecule has 0 aliphatic carbocycles. The highest BCUT2D eigenvalue weighted by molar-refractivity contribution is 9.10. The number of nitrogens with zero attached hydrogens (tertiary/aromatic N) is 1. The number of hydrogen-bond acceptors (Lipinski definition) is 4. The third-order valence-corrected chi connectivity index (χ3v) is 4.44. The highest BCUT2D eigenvalue weighted by Crippen LogP contribution is 2.22. The van der Waals surface area contributed by atoms with Gasteiger partial charge in [-0.15, -0.1) is 0 Å². The summed E-state index contributed by atoms with van der Waals surface area (Å²) >= 11 is 3.24. The molecule has 0 saturated carbocycles. The minimum Gasteiger partial charge on any atom is -0.388 e. The minimum atomic E-state index is -3.63. The smallest absolute Gasteiger partial charge is 0.263 e. The van der Waals surface area contributed by atoms with Crippen molar-refractivity contribution >= 4 is 37.5 Å². The van der Waals surface area contributed by atoms with Crippen molar-refractivity contribution < 1.29 is 8.42 Å². The van der Waals surface area contributed by atoms with Crippen molar-refractivity contribution in [2.24, 2.45) is 0 Å². The van der Waals surface area contributed by atoms with Crippen LogP contribution in [0.25, 0.3) is 0 Å². The van der Waals surface area contributed by atoms with E-state index in [4.69, 9.17) is 0 Å². The van der Waals surface area contributed by atoms with Crippen LogP contribution in [0.1, 0.15) is 0 Å². The van der Waals surface area contributed by atoms with E-state index in [-0.39, 0.29) is 10.7 Å². The summed E-state index contributed by atoms with van der Waals surface area (Å²) in [5, 5.41) is 2.93. The Hall–Kier alpha value is -1.60. The highest BCUT2D eigenvalue weighted by Gasteiger charge is 2.15. The number of halogens is 1. The number of sulfonamides is 1. The van der Waals surface area contributed by atoms with Crippen molar-refractivity contribution in [3.05, 3.63) is 47.1 Å². The molecule has 0 bridgehead atoms. The van der Waals surface area contributed by atoms with Crippen molar-refractivity contribution in [1.82, 2.24) is 4.98 Å². The second-order valence-electron chi connectivity index (χ2n) is 3.71. The van der Waals surface area contributed by atoms with Gasteiger partial charge in [-0.05, 0) is 52.3 Å². The van der Waals surface area contributed by atoms with E-state index in [2.05, 4.69) is 31.0 Å². The zero-order valence-corrected chi connectivity index (χ0v) is 12.5. The summed E-state index contributed by atoms with van der Waals surface area (Å²) in [4.78, 5) is 4.16. The molecule has 0 saturated heterocycles. The van der Waals surface area contributed by atoms with Crippen LogP contribution < -0.4 is 10.0 Å². The van der Waals surface area contributed by atoms with Crippen LogP contribution in [0.5, 0.6) is 0 Å². The molecule has 0 spiro atoms. The van der Waals surface area contributed by atoms with Gasteiger partial charge in [-0.2, -0.15) is 0 Å². The number of nitrogens with one attached hydrogen (secondary N) is 2. The summed E-state index contributed by atoms with van der Waals surface area (Å²) < 4.78 is 27.3. The molecule has 1 heterocycles. The number of aromatic nitrogens is 1. The quantitative estimate of drug-likeness (QED) is 0.896. The monoisotopic (exact) mass is 341 g/mol. The average molecular weight is 342 g/mol. The van der Waals surface area contributed by atoms with Crippen LogP contribution in [0.3, 0.4) is 0 Å². The summed E-state index contributed by atoms with van der Waals surface area (Å²) in [5.41, 5.74) is 0.845. The van der Waals surface area contributed by atoms with Crippen LogP contribution >= 0.6 is 15.9 Å². The van der Waals surface area contributed by atoms with Crippen LogP contribution in [-0.2, 0) is 10.0 Å². The highest BCUT2D eigenvalue weighted by atomic mass is 79.9. The van der Waals surface area contributed by atoms with Crippen LogP contribution in [0, 0.1) is 0 Å². The Bertz CT molecular complexity index is 672. The SMILES string of the molecule is CNc1ccc(S(=O)(=O)Nc2ncccc2Br)cc1. The second kappa shape index (κ2) is 5.58. The number of hydrogen-bond donors (Lipinski definition) is 2. The average Bonchev–Trinajstić information content (AvgIpc) is 2.41. The molecular weight excluding hydrogens is 330 g/mol. The fraction of sp³-hybridized carbons (Fsp3) is 0.0833. The Morgan fingerprint density at radius 2 is 1.84 bits per heavy atom. The lowest BCUT2D eigenvalue weighted by Gasteiger charge is -2.09. The van der Waals surface area contributed by atoms with Crippen molar-refractivity contribution in [1.29, 1.82) is 0 Å². The Kier molecular flexibility index (Phi) is 4.06.